The number of carbonyl (C=O) groups excluding carboxylic acids is 1. The molecule has 2 amide bonds. The van der Waals surface area contributed by atoms with Crippen LogP contribution in [-0.4, -0.2) is 24.0 Å². The van der Waals surface area contributed by atoms with Gasteiger partial charge in [-0.15, -0.1) is 0 Å². The zero-order valence-corrected chi connectivity index (χ0v) is 16.7. The maximum absolute atomic E-state index is 12.7. The number of urea groups is 1. The van der Waals surface area contributed by atoms with E-state index in [1.165, 1.54) is 37.7 Å². The largest absolute Gasteiger partial charge is 0.469 e. The molecule has 28 heavy (non-hydrogen) atoms. The summed E-state index contributed by atoms with van der Waals surface area (Å²) in [5, 5.41) is 6.21. The van der Waals surface area contributed by atoms with Crippen LogP contribution in [0.1, 0.15) is 67.9 Å². The zero-order chi connectivity index (χ0) is 19.3. The summed E-state index contributed by atoms with van der Waals surface area (Å²) in [7, 11) is 2.20. The van der Waals surface area contributed by atoms with Gasteiger partial charge in [0.05, 0.1) is 12.3 Å². The highest BCUT2D eigenvalue weighted by molar-refractivity contribution is 5.90. The van der Waals surface area contributed by atoms with Gasteiger partial charge in [-0.25, -0.2) is 4.79 Å². The second-order valence-electron chi connectivity index (χ2n) is 8.21. The van der Waals surface area contributed by atoms with Crippen LogP contribution in [0.2, 0.25) is 0 Å². The molecule has 1 saturated carbocycles. The SMILES string of the molecule is CN(Cc1ccccc1NC(=O)NC1CCCc2occc21)C1CCCCC1. The molecular formula is C23H31N3O2. The number of nitrogens with one attached hydrogen (secondary N) is 2. The Morgan fingerprint density at radius 1 is 1.11 bits per heavy atom. The Hall–Kier alpha value is -2.27. The van der Waals surface area contributed by atoms with Crippen LogP contribution in [0.25, 0.3) is 0 Å². The number of amides is 2. The highest BCUT2D eigenvalue weighted by Gasteiger charge is 2.24. The topological polar surface area (TPSA) is 57.5 Å². The lowest BCUT2D eigenvalue weighted by atomic mass is 9.93. The summed E-state index contributed by atoms with van der Waals surface area (Å²) in [6, 6.07) is 10.6. The first-order chi connectivity index (χ1) is 13.7. The number of furan rings is 1. The van der Waals surface area contributed by atoms with Crippen LogP contribution in [0.15, 0.2) is 41.0 Å². The van der Waals surface area contributed by atoms with Gasteiger partial charge in [0.2, 0.25) is 0 Å². The minimum Gasteiger partial charge on any atom is -0.469 e. The van der Waals surface area contributed by atoms with Gasteiger partial charge in [0.1, 0.15) is 5.76 Å². The molecule has 150 valence electrons. The van der Waals surface area contributed by atoms with E-state index in [9.17, 15) is 4.79 Å². The minimum atomic E-state index is -0.146. The summed E-state index contributed by atoms with van der Waals surface area (Å²) in [5.41, 5.74) is 3.18. The lowest BCUT2D eigenvalue weighted by Crippen LogP contribution is -2.35. The van der Waals surface area contributed by atoms with Gasteiger partial charge in [-0.2, -0.15) is 0 Å². The van der Waals surface area contributed by atoms with Crippen molar-refractivity contribution in [1.82, 2.24) is 10.2 Å². The average Bonchev–Trinajstić information content (AvgIpc) is 3.20. The summed E-state index contributed by atoms with van der Waals surface area (Å²) in [6.07, 6.45) is 11.2. The number of hydrogen-bond acceptors (Lipinski definition) is 3. The fraction of sp³-hybridized carbons (Fsp3) is 0.522. The molecule has 2 aliphatic carbocycles. The summed E-state index contributed by atoms with van der Waals surface area (Å²) < 4.78 is 5.53. The summed E-state index contributed by atoms with van der Waals surface area (Å²) in [6.45, 7) is 0.858. The van der Waals surface area contributed by atoms with Gasteiger partial charge < -0.3 is 15.1 Å². The molecule has 1 heterocycles. The molecule has 2 aromatic rings. The Morgan fingerprint density at radius 3 is 2.79 bits per heavy atom. The molecule has 1 atom stereocenters. The van der Waals surface area contributed by atoms with E-state index in [1.807, 2.05) is 24.3 Å². The molecule has 4 rings (SSSR count). The van der Waals surface area contributed by atoms with Gasteiger partial charge in [0.25, 0.3) is 0 Å². The standard InChI is InChI=1S/C23H31N3O2/c1-26(18-9-3-2-4-10-18)16-17-8-5-6-11-20(17)24-23(27)25-21-12-7-13-22-19(21)14-15-28-22/h5-6,8,11,14-15,18,21H,2-4,7,9-10,12-13,16H2,1H3,(H2,24,25,27). The van der Waals surface area contributed by atoms with Gasteiger partial charge in [-0.1, -0.05) is 37.5 Å². The number of hydrogen-bond donors (Lipinski definition) is 2. The number of carbonyl (C=O) groups is 1. The highest BCUT2D eigenvalue weighted by atomic mass is 16.3. The van der Waals surface area contributed by atoms with Crippen molar-refractivity contribution in [2.75, 3.05) is 12.4 Å². The van der Waals surface area contributed by atoms with Crippen molar-refractivity contribution in [1.29, 1.82) is 0 Å². The van der Waals surface area contributed by atoms with Gasteiger partial charge in [0, 0.05) is 30.3 Å². The second-order valence-corrected chi connectivity index (χ2v) is 8.21. The first kappa shape index (κ1) is 19.1. The molecule has 0 spiro atoms. The molecular weight excluding hydrogens is 350 g/mol. The van der Waals surface area contributed by atoms with Crippen molar-refractivity contribution in [3.05, 3.63) is 53.5 Å². The molecule has 1 aromatic heterocycles. The monoisotopic (exact) mass is 381 g/mol. The maximum atomic E-state index is 12.7. The van der Waals surface area contributed by atoms with Crippen molar-refractivity contribution in [3.63, 3.8) is 0 Å². The first-order valence-corrected chi connectivity index (χ1v) is 10.6. The predicted octanol–water partition coefficient (Wildman–Crippen LogP) is 5.24. The quantitative estimate of drug-likeness (QED) is 0.744. The fourth-order valence-electron chi connectivity index (χ4n) is 4.65. The molecule has 0 saturated heterocycles. The number of nitrogens with zero attached hydrogens (tertiary/aromatic N) is 1. The second kappa shape index (κ2) is 8.82. The van der Waals surface area contributed by atoms with E-state index < -0.39 is 0 Å². The summed E-state index contributed by atoms with van der Waals surface area (Å²) >= 11 is 0. The predicted molar refractivity (Wildman–Crippen MR) is 111 cm³/mol. The molecule has 1 aromatic carbocycles. The lowest BCUT2D eigenvalue weighted by molar-refractivity contribution is 0.185. The molecule has 5 heteroatoms. The molecule has 0 bridgehead atoms. The van der Waals surface area contributed by atoms with E-state index in [1.54, 1.807) is 6.26 Å². The summed E-state index contributed by atoms with van der Waals surface area (Å²) in [5.74, 6) is 1.01. The van der Waals surface area contributed by atoms with E-state index >= 15 is 0 Å². The number of aryl methyl sites for hydroxylation is 1. The molecule has 0 radical (unpaired) electrons. The lowest BCUT2D eigenvalue weighted by Gasteiger charge is -2.31. The Balaban J connectivity index is 1.39. The van der Waals surface area contributed by atoms with E-state index in [0.717, 1.165) is 42.8 Å². The number of anilines is 1. The normalized spacial score (nSPS) is 20.0. The minimum absolute atomic E-state index is 0.0274. The number of fused-ring (bicyclic) bond motifs is 1. The van der Waals surface area contributed by atoms with E-state index in [-0.39, 0.29) is 12.1 Å². The first-order valence-electron chi connectivity index (χ1n) is 10.6. The van der Waals surface area contributed by atoms with Crippen molar-refractivity contribution in [2.24, 2.45) is 0 Å². The number of benzene rings is 1. The van der Waals surface area contributed by atoms with Crippen molar-refractivity contribution in [3.8, 4) is 0 Å². The van der Waals surface area contributed by atoms with E-state index in [2.05, 4.69) is 28.6 Å². The third kappa shape index (κ3) is 4.41. The molecule has 1 fully saturated rings. The van der Waals surface area contributed by atoms with Crippen LogP contribution < -0.4 is 10.6 Å². The molecule has 5 nitrogen and oxygen atoms in total. The van der Waals surface area contributed by atoms with Crippen molar-refractivity contribution < 1.29 is 9.21 Å². The van der Waals surface area contributed by atoms with Gasteiger partial charge in [-0.3, -0.25) is 4.90 Å². The summed E-state index contributed by atoms with van der Waals surface area (Å²) in [4.78, 5) is 15.1. The third-order valence-electron chi connectivity index (χ3n) is 6.24. The smallest absolute Gasteiger partial charge is 0.319 e. The fourth-order valence-corrected chi connectivity index (χ4v) is 4.65. The Kier molecular flexibility index (Phi) is 6.01. The Morgan fingerprint density at radius 2 is 1.93 bits per heavy atom. The van der Waals surface area contributed by atoms with Crippen LogP contribution in [-0.2, 0) is 13.0 Å². The van der Waals surface area contributed by atoms with Gasteiger partial charge in [0.15, 0.2) is 0 Å². The third-order valence-corrected chi connectivity index (χ3v) is 6.24. The van der Waals surface area contributed by atoms with Crippen LogP contribution >= 0.6 is 0 Å². The Labute approximate surface area is 167 Å². The van der Waals surface area contributed by atoms with Crippen molar-refractivity contribution in [2.45, 2.75) is 70.0 Å². The Bertz CT molecular complexity index is 795. The average molecular weight is 382 g/mol. The van der Waals surface area contributed by atoms with E-state index in [0.29, 0.717) is 6.04 Å². The van der Waals surface area contributed by atoms with Crippen LogP contribution in [0.3, 0.4) is 0 Å². The maximum Gasteiger partial charge on any atom is 0.319 e. The number of rotatable bonds is 5. The van der Waals surface area contributed by atoms with Crippen LogP contribution in [0.4, 0.5) is 10.5 Å². The molecule has 2 aliphatic rings. The van der Waals surface area contributed by atoms with E-state index in [4.69, 9.17) is 4.42 Å². The van der Waals surface area contributed by atoms with Gasteiger partial charge in [-0.05, 0) is 50.4 Å². The van der Waals surface area contributed by atoms with Crippen LogP contribution in [0.5, 0.6) is 0 Å². The molecule has 1 unspecified atom stereocenters. The molecule has 2 N–H and O–H groups in total. The number of para-hydroxylation sites is 1. The molecule has 0 aliphatic heterocycles. The van der Waals surface area contributed by atoms with Crippen LogP contribution in [0, 0.1) is 0 Å². The highest BCUT2D eigenvalue weighted by Crippen LogP contribution is 2.30. The zero-order valence-electron chi connectivity index (χ0n) is 16.7. The van der Waals surface area contributed by atoms with Crippen molar-refractivity contribution >= 4 is 11.7 Å². The van der Waals surface area contributed by atoms with Gasteiger partial charge >= 0.3 is 6.03 Å².